The molecular weight excluding hydrogens is 426 g/mol. The van der Waals surface area contributed by atoms with Gasteiger partial charge in [0.05, 0.1) is 21.5 Å². The molecule has 1 atom stereocenters. The van der Waals surface area contributed by atoms with E-state index in [-0.39, 0.29) is 10.8 Å². The number of rotatable bonds is 5. The van der Waals surface area contributed by atoms with Crippen molar-refractivity contribution in [3.05, 3.63) is 83.9 Å². The summed E-state index contributed by atoms with van der Waals surface area (Å²) in [5.74, 6) is -0.304. The summed E-state index contributed by atoms with van der Waals surface area (Å²) >= 11 is 0. The van der Waals surface area contributed by atoms with Gasteiger partial charge in [-0.2, -0.15) is 5.10 Å². The van der Waals surface area contributed by atoms with Crippen LogP contribution in [0.1, 0.15) is 17.5 Å². The number of benzene rings is 3. The summed E-state index contributed by atoms with van der Waals surface area (Å²) in [6.45, 7) is -0.0341. The molecule has 0 saturated heterocycles. The van der Waals surface area contributed by atoms with Gasteiger partial charge < -0.3 is 10.4 Å². The lowest BCUT2D eigenvalue weighted by Crippen LogP contribution is -2.49. The van der Waals surface area contributed by atoms with Crippen molar-refractivity contribution in [1.82, 2.24) is 10.3 Å². The van der Waals surface area contributed by atoms with Gasteiger partial charge in [-0.3, -0.25) is 4.79 Å². The summed E-state index contributed by atoms with van der Waals surface area (Å²) in [6, 6.07) is 21.2. The van der Waals surface area contributed by atoms with E-state index in [2.05, 4.69) is 10.4 Å². The van der Waals surface area contributed by atoms with Crippen LogP contribution in [0.2, 0.25) is 0 Å². The van der Waals surface area contributed by atoms with Crippen LogP contribution in [-0.2, 0) is 21.2 Å². The molecule has 2 heterocycles. The molecule has 2 aliphatic rings. The van der Waals surface area contributed by atoms with Gasteiger partial charge in [-0.05, 0) is 29.3 Å². The normalized spacial score (nSPS) is 18.8. The lowest BCUT2D eigenvalue weighted by atomic mass is 9.96. The molecule has 2 N–H and O–H groups in total. The van der Waals surface area contributed by atoms with Crippen LogP contribution in [0.3, 0.4) is 0 Å². The SMILES string of the molecule is O=C1C(NCc2ccccc2)CC(c2ccc3c(c2)-c2ccccc2S3(=O)=O)=NN1CO. The van der Waals surface area contributed by atoms with Gasteiger partial charge in [-0.15, -0.1) is 0 Å². The van der Waals surface area contributed by atoms with E-state index in [0.29, 0.717) is 40.3 Å². The monoisotopic (exact) mass is 447 g/mol. The molecule has 0 aromatic heterocycles. The molecule has 0 bridgehead atoms. The number of sulfone groups is 1. The molecule has 0 aliphatic carbocycles. The topological polar surface area (TPSA) is 99.1 Å². The summed E-state index contributed by atoms with van der Waals surface area (Å²) in [7, 11) is -3.54. The highest BCUT2D eigenvalue weighted by Gasteiger charge is 2.35. The number of hydrogen-bond acceptors (Lipinski definition) is 6. The van der Waals surface area contributed by atoms with E-state index < -0.39 is 22.6 Å². The van der Waals surface area contributed by atoms with Gasteiger partial charge in [0.15, 0.2) is 0 Å². The third-order valence-electron chi connectivity index (χ3n) is 5.79. The molecule has 5 rings (SSSR count). The summed E-state index contributed by atoms with van der Waals surface area (Å²) in [4.78, 5) is 13.3. The zero-order valence-electron chi connectivity index (χ0n) is 17.1. The largest absolute Gasteiger partial charge is 0.374 e. The van der Waals surface area contributed by atoms with Crippen molar-refractivity contribution in [2.75, 3.05) is 6.73 Å². The summed E-state index contributed by atoms with van der Waals surface area (Å²) in [6.07, 6.45) is 0.329. The first-order valence-electron chi connectivity index (χ1n) is 10.2. The minimum atomic E-state index is -3.54. The molecule has 0 radical (unpaired) electrons. The Morgan fingerprint density at radius 2 is 1.69 bits per heavy atom. The van der Waals surface area contributed by atoms with Gasteiger partial charge in [0, 0.05) is 24.1 Å². The Balaban J connectivity index is 1.48. The quantitative estimate of drug-likeness (QED) is 0.490. The first kappa shape index (κ1) is 20.6. The summed E-state index contributed by atoms with van der Waals surface area (Å²) in [5, 5.41) is 18.3. The van der Waals surface area contributed by atoms with Crippen LogP contribution >= 0.6 is 0 Å². The van der Waals surface area contributed by atoms with Crippen LogP contribution in [0.15, 0.2) is 87.7 Å². The third-order valence-corrected chi connectivity index (χ3v) is 7.66. The number of carbonyl (C=O) groups is 1. The number of carbonyl (C=O) groups excluding carboxylic acids is 1. The number of amides is 1. The van der Waals surface area contributed by atoms with Crippen LogP contribution in [0.5, 0.6) is 0 Å². The Kier molecular flexibility index (Phi) is 5.13. The molecule has 8 heteroatoms. The van der Waals surface area contributed by atoms with E-state index in [0.717, 1.165) is 10.6 Å². The first-order chi connectivity index (χ1) is 15.5. The molecule has 2 aliphatic heterocycles. The highest BCUT2D eigenvalue weighted by molar-refractivity contribution is 7.92. The van der Waals surface area contributed by atoms with Crippen molar-refractivity contribution in [2.45, 2.75) is 28.8 Å². The number of aliphatic hydroxyl groups is 1. The molecule has 0 fully saturated rings. The maximum absolute atomic E-state index is 12.9. The fraction of sp³-hybridized carbons (Fsp3) is 0.167. The smallest absolute Gasteiger partial charge is 0.262 e. The fourth-order valence-corrected chi connectivity index (χ4v) is 5.83. The Hall–Kier alpha value is -3.33. The Morgan fingerprint density at radius 3 is 2.47 bits per heavy atom. The van der Waals surface area contributed by atoms with Crippen LogP contribution in [-0.4, -0.2) is 42.9 Å². The van der Waals surface area contributed by atoms with E-state index in [4.69, 9.17) is 0 Å². The number of fused-ring (bicyclic) bond motifs is 3. The molecule has 162 valence electrons. The lowest BCUT2D eigenvalue weighted by molar-refractivity contribution is -0.137. The Morgan fingerprint density at radius 1 is 0.969 bits per heavy atom. The van der Waals surface area contributed by atoms with Gasteiger partial charge in [-0.25, -0.2) is 13.4 Å². The Labute approximate surface area is 185 Å². The van der Waals surface area contributed by atoms with Crippen LogP contribution in [0.25, 0.3) is 11.1 Å². The van der Waals surface area contributed by atoms with Gasteiger partial charge in [-0.1, -0.05) is 54.6 Å². The van der Waals surface area contributed by atoms with E-state index >= 15 is 0 Å². The predicted octanol–water partition coefficient (Wildman–Crippen LogP) is 2.54. The molecular formula is C24H21N3O4S. The second-order valence-corrected chi connectivity index (χ2v) is 9.65. The van der Waals surface area contributed by atoms with Crippen molar-refractivity contribution in [3.8, 4) is 11.1 Å². The van der Waals surface area contributed by atoms with E-state index in [1.54, 1.807) is 36.4 Å². The van der Waals surface area contributed by atoms with Crippen molar-refractivity contribution >= 4 is 21.5 Å². The van der Waals surface area contributed by atoms with Gasteiger partial charge in [0.25, 0.3) is 5.91 Å². The van der Waals surface area contributed by atoms with Crippen molar-refractivity contribution in [2.24, 2.45) is 5.10 Å². The van der Waals surface area contributed by atoms with Crippen LogP contribution in [0.4, 0.5) is 0 Å². The number of hydrogen-bond donors (Lipinski definition) is 2. The van der Waals surface area contributed by atoms with Gasteiger partial charge >= 0.3 is 0 Å². The fourth-order valence-electron chi connectivity index (χ4n) is 4.17. The second-order valence-electron chi connectivity index (χ2n) is 7.76. The molecule has 3 aromatic rings. The highest BCUT2D eigenvalue weighted by Crippen LogP contribution is 2.43. The number of hydrazone groups is 1. The average Bonchev–Trinajstić information content (AvgIpc) is 3.06. The molecule has 1 amide bonds. The molecule has 1 unspecified atom stereocenters. The second kappa shape index (κ2) is 7.98. The number of nitrogens with zero attached hydrogens (tertiary/aromatic N) is 2. The highest BCUT2D eigenvalue weighted by atomic mass is 32.2. The van der Waals surface area contributed by atoms with Crippen LogP contribution in [0, 0.1) is 0 Å². The molecule has 3 aromatic carbocycles. The van der Waals surface area contributed by atoms with E-state index in [1.807, 2.05) is 36.4 Å². The van der Waals surface area contributed by atoms with Crippen molar-refractivity contribution < 1.29 is 18.3 Å². The Bertz CT molecular complexity index is 1340. The van der Waals surface area contributed by atoms with Crippen LogP contribution < -0.4 is 5.32 Å². The predicted molar refractivity (Wildman–Crippen MR) is 119 cm³/mol. The third kappa shape index (κ3) is 3.42. The molecule has 0 spiro atoms. The maximum Gasteiger partial charge on any atom is 0.262 e. The molecule has 32 heavy (non-hydrogen) atoms. The zero-order valence-corrected chi connectivity index (χ0v) is 17.9. The van der Waals surface area contributed by atoms with Gasteiger partial charge in [0.2, 0.25) is 9.84 Å². The minimum Gasteiger partial charge on any atom is -0.374 e. The summed E-state index contributed by atoms with van der Waals surface area (Å²) < 4.78 is 25.7. The molecule has 7 nitrogen and oxygen atoms in total. The van der Waals surface area contributed by atoms with Crippen molar-refractivity contribution in [3.63, 3.8) is 0 Å². The standard InChI is InChI=1S/C24H21N3O4S/c28-15-27-24(29)21(25-14-16-6-2-1-3-7-16)13-20(26-27)17-10-11-23-19(12-17)18-8-4-5-9-22(18)32(23,30)31/h1-12,21,25,28H,13-15H2. The number of nitrogens with one attached hydrogen (secondary N) is 1. The van der Waals surface area contributed by atoms with E-state index in [1.165, 1.54) is 0 Å². The lowest BCUT2D eigenvalue weighted by Gasteiger charge is -2.29. The van der Waals surface area contributed by atoms with E-state index in [9.17, 15) is 18.3 Å². The minimum absolute atomic E-state index is 0.271. The first-order valence-corrected chi connectivity index (χ1v) is 11.7. The zero-order chi connectivity index (χ0) is 22.3. The average molecular weight is 448 g/mol. The molecule has 0 saturated carbocycles. The van der Waals surface area contributed by atoms with Gasteiger partial charge in [0.1, 0.15) is 6.73 Å². The maximum atomic E-state index is 12.9. The van der Waals surface area contributed by atoms with Crippen molar-refractivity contribution in [1.29, 1.82) is 0 Å². The summed E-state index contributed by atoms with van der Waals surface area (Å²) in [5.41, 5.74) is 3.65. The number of aliphatic hydroxyl groups excluding tert-OH is 1.